The van der Waals surface area contributed by atoms with E-state index in [1.165, 1.54) is 23.0 Å². The van der Waals surface area contributed by atoms with Crippen LogP contribution in [0.25, 0.3) is 11.3 Å². The molecule has 0 amide bonds. The Morgan fingerprint density at radius 2 is 2.17 bits per heavy atom. The van der Waals surface area contributed by atoms with Gasteiger partial charge >= 0.3 is 0 Å². The summed E-state index contributed by atoms with van der Waals surface area (Å²) in [5, 5.41) is 21.7. The first kappa shape index (κ1) is 15.8. The maximum absolute atomic E-state index is 10.9. The summed E-state index contributed by atoms with van der Waals surface area (Å²) in [6, 6.07) is 8.13. The van der Waals surface area contributed by atoms with Crippen molar-refractivity contribution in [3.8, 4) is 11.3 Å². The van der Waals surface area contributed by atoms with Gasteiger partial charge < -0.3 is 4.42 Å². The molecule has 122 valence electrons. The van der Waals surface area contributed by atoms with Crippen molar-refractivity contribution in [1.82, 2.24) is 14.9 Å². The SMILES string of the molecule is Cc1ccc([N+](=O)[O-])cc1-c1ccc(/C=N\n2c(C)n[nH]c2=S)o1. The molecule has 0 fully saturated rings. The zero-order valence-corrected chi connectivity index (χ0v) is 13.7. The van der Waals surface area contributed by atoms with Crippen LogP contribution in [0.5, 0.6) is 0 Å². The third-order valence-corrected chi connectivity index (χ3v) is 3.70. The van der Waals surface area contributed by atoms with Crippen molar-refractivity contribution in [2.24, 2.45) is 5.10 Å². The van der Waals surface area contributed by atoms with E-state index in [4.69, 9.17) is 16.6 Å². The summed E-state index contributed by atoms with van der Waals surface area (Å²) in [5.41, 5.74) is 1.56. The molecule has 3 aromatic rings. The number of nitro benzene ring substituents is 1. The highest BCUT2D eigenvalue weighted by Crippen LogP contribution is 2.28. The molecule has 0 atom stereocenters. The van der Waals surface area contributed by atoms with Crippen molar-refractivity contribution in [2.45, 2.75) is 13.8 Å². The van der Waals surface area contributed by atoms with Crippen LogP contribution >= 0.6 is 12.2 Å². The fraction of sp³-hybridized carbons (Fsp3) is 0.133. The van der Waals surface area contributed by atoms with Gasteiger partial charge in [0, 0.05) is 17.7 Å². The number of nitrogens with one attached hydrogen (secondary N) is 1. The molecule has 0 saturated heterocycles. The summed E-state index contributed by atoms with van der Waals surface area (Å²) in [5.74, 6) is 1.65. The maximum atomic E-state index is 10.9. The highest BCUT2D eigenvalue weighted by atomic mass is 32.1. The van der Waals surface area contributed by atoms with Gasteiger partial charge in [-0.05, 0) is 43.8 Å². The van der Waals surface area contributed by atoms with E-state index in [0.717, 1.165) is 5.56 Å². The quantitative estimate of drug-likeness (QED) is 0.337. The molecule has 0 aliphatic heterocycles. The number of non-ortho nitro benzene ring substituents is 1. The summed E-state index contributed by atoms with van der Waals surface area (Å²) < 4.78 is 7.56. The zero-order valence-electron chi connectivity index (χ0n) is 12.9. The number of aromatic amines is 1. The first-order valence-electron chi connectivity index (χ1n) is 6.99. The van der Waals surface area contributed by atoms with E-state index in [1.54, 1.807) is 25.1 Å². The molecule has 9 heteroatoms. The van der Waals surface area contributed by atoms with Crippen LogP contribution in [0.4, 0.5) is 5.69 Å². The number of hydrogen-bond acceptors (Lipinski definition) is 6. The molecule has 0 aliphatic rings. The molecule has 0 bridgehead atoms. The molecule has 3 rings (SSSR count). The highest BCUT2D eigenvalue weighted by Gasteiger charge is 2.13. The van der Waals surface area contributed by atoms with Crippen LogP contribution < -0.4 is 0 Å². The molecule has 0 unspecified atom stereocenters. The van der Waals surface area contributed by atoms with Crippen LogP contribution in [0.2, 0.25) is 0 Å². The summed E-state index contributed by atoms with van der Waals surface area (Å²) >= 11 is 5.06. The fourth-order valence-electron chi connectivity index (χ4n) is 2.18. The van der Waals surface area contributed by atoms with Crippen molar-refractivity contribution < 1.29 is 9.34 Å². The van der Waals surface area contributed by atoms with E-state index in [1.807, 2.05) is 6.92 Å². The number of H-pyrrole nitrogens is 1. The van der Waals surface area contributed by atoms with Crippen molar-refractivity contribution in [3.63, 3.8) is 0 Å². The van der Waals surface area contributed by atoms with Gasteiger partial charge in [0.05, 0.1) is 11.1 Å². The van der Waals surface area contributed by atoms with E-state index in [9.17, 15) is 10.1 Å². The monoisotopic (exact) mass is 343 g/mol. The number of furan rings is 1. The number of nitrogens with zero attached hydrogens (tertiary/aromatic N) is 4. The average Bonchev–Trinajstić information content (AvgIpc) is 3.13. The van der Waals surface area contributed by atoms with E-state index < -0.39 is 4.92 Å². The van der Waals surface area contributed by atoms with Gasteiger partial charge in [-0.1, -0.05) is 6.07 Å². The van der Waals surface area contributed by atoms with Gasteiger partial charge in [-0.25, -0.2) is 0 Å². The maximum Gasteiger partial charge on any atom is 0.270 e. The van der Waals surface area contributed by atoms with Crippen LogP contribution in [-0.4, -0.2) is 26.0 Å². The molecule has 0 aliphatic carbocycles. The Morgan fingerprint density at radius 3 is 2.83 bits per heavy atom. The minimum absolute atomic E-state index is 0.0162. The molecule has 2 heterocycles. The fourth-order valence-corrected chi connectivity index (χ4v) is 2.40. The highest BCUT2D eigenvalue weighted by molar-refractivity contribution is 7.71. The van der Waals surface area contributed by atoms with E-state index in [2.05, 4.69) is 15.3 Å². The topological polar surface area (TPSA) is 102 Å². The van der Waals surface area contributed by atoms with Gasteiger partial charge in [0.1, 0.15) is 17.3 Å². The second-order valence-electron chi connectivity index (χ2n) is 5.09. The Labute approximate surface area is 141 Å². The predicted molar refractivity (Wildman–Crippen MR) is 90.7 cm³/mol. The number of hydrogen-bond donors (Lipinski definition) is 1. The largest absolute Gasteiger partial charge is 0.455 e. The zero-order chi connectivity index (χ0) is 17.3. The Morgan fingerprint density at radius 1 is 1.38 bits per heavy atom. The lowest BCUT2D eigenvalue weighted by Crippen LogP contribution is -1.93. The van der Waals surface area contributed by atoms with Crippen LogP contribution in [0.15, 0.2) is 39.9 Å². The number of aromatic nitrogens is 3. The molecule has 1 aromatic carbocycles. The molecule has 24 heavy (non-hydrogen) atoms. The van der Waals surface area contributed by atoms with E-state index in [0.29, 0.717) is 27.7 Å². The van der Waals surface area contributed by atoms with Gasteiger partial charge in [0.2, 0.25) is 4.77 Å². The Bertz CT molecular complexity index is 999. The molecular formula is C15H13N5O3S. The summed E-state index contributed by atoms with van der Waals surface area (Å²) in [6.07, 6.45) is 1.51. The van der Waals surface area contributed by atoms with E-state index >= 15 is 0 Å². The third-order valence-electron chi connectivity index (χ3n) is 3.44. The lowest BCUT2D eigenvalue weighted by molar-refractivity contribution is -0.384. The molecule has 0 radical (unpaired) electrons. The Kier molecular flexibility index (Phi) is 4.09. The second kappa shape index (κ2) is 6.20. The molecular weight excluding hydrogens is 330 g/mol. The van der Waals surface area contributed by atoms with Gasteiger partial charge in [0.15, 0.2) is 0 Å². The summed E-state index contributed by atoms with van der Waals surface area (Å²) in [4.78, 5) is 10.5. The minimum atomic E-state index is -0.433. The molecule has 1 N–H and O–H groups in total. The Balaban J connectivity index is 1.93. The smallest absolute Gasteiger partial charge is 0.270 e. The molecule has 8 nitrogen and oxygen atoms in total. The predicted octanol–water partition coefficient (Wildman–Crippen LogP) is 3.61. The lowest BCUT2D eigenvalue weighted by Gasteiger charge is -2.02. The van der Waals surface area contributed by atoms with Crippen LogP contribution in [0, 0.1) is 28.7 Å². The number of rotatable bonds is 4. The molecule has 0 spiro atoms. The van der Waals surface area contributed by atoms with Crippen LogP contribution in [0.3, 0.4) is 0 Å². The first-order chi connectivity index (χ1) is 11.5. The van der Waals surface area contributed by atoms with Crippen molar-refractivity contribution in [3.05, 3.63) is 62.4 Å². The van der Waals surface area contributed by atoms with E-state index in [-0.39, 0.29) is 5.69 Å². The van der Waals surface area contributed by atoms with Crippen LogP contribution in [-0.2, 0) is 0 Å². The van der Waals surface area contributed by atoms with Gasteiger partial charge in [-0.3, -0.25) is 15.2 Å². The normalized spacial score (nSPS) is 11.2. The average molecular weight is 343 g/mol. The third kappa shape index (κ3) is 3.01. The standard InChI is InChI=1S/C15H13N5O3S/c1-9-3-4-11(20(21)22)7-13(9)14-6-5-12(23-14)8-16-19-10(2)17-18-15(19)24/h3-8H,1-2H3,(H,18,24)/b16-8-. The lowest BCUT2D eigenvalue weighted by atomic mass is 10.1. The van der Waals surface area contributed by atoms with Crippen molar-refractivity contribution in [1.29, 1.82) is 0 Å². The summed E-state index contributed by atoms with van der Waals surface area (Å²) in [6.45, 7) is 3.63. The number of aryl methyl sites for hydroxylation is 2. The molecule has 0 saturated carbocycles. The number of benzene rings is 1. The van der Waals surface area contributed by atoms with Gasteiger partial charge in [0.25, 0.3) is 5.69 Å². The second-order valence-corrected chi connectivity index (χ2v) is 5.48. The van der Waals surface area contributed by atoms with Gasteiger partial charge in [-0.15, -0.1) is 0 Å². The van der Waals surface area contributed by atoms with Crippen molar-refractivity contribution >= 4 is 24.1 Å². The first-order valence-corrected chi connectivity index (χ1v) is 7.40. The van der Waals surface area contributed by atoms with Crippen molar-refractivity contribution in [2.75, 3.05) is 0 Å². The molecule has 2 aromatic heterocycles. The number of nitro groups is 1. The van der Waals surface area contributed by atoms with Gasteiger partial charge in [-0.2, -0.15) is 14.9 Å². The van der Waals surface area contributed by atoms with Crippen LogP contribution in [0.1, 0.15) is 17.1 Å². The minimum Gasteiger partial charge on any atom is -0.455 e. The Hall–Kier alpha value is -3.07. The summed E-state index contributed by atoms with van der Waals surface area (Å²) in [7, 11) is 0.